The van der Waals surface area contributed by atoms with Crippen LogP contribution in [0.25, 0.3) is 0 Å². The molecule has 1 aliphatic heterocycles. The van der Waals surface area contributed by atoms with Gasteiger partial charge < -0.3 is 4.74 Å². The van der Waals surface area contributed by atoms with E-state index in [0.717, 1.165) is 12.1 Å². The van der Waals surface area contributed by atoms with Gasteiger partial charge in [0, 0.05) is 13.1 Å². The van der Waals surface area contributed by atoms with Crippen molar-refractivity contribution in [1.29, 1.82) is 0 Å². The maximum absolute atomic E-state index is 12.6. The Morgan fingerprint density at radius 3 is 2.33 bits per heavy atom. The Kier molecular flexibility index (Phi) is 5.16. The summed E-state index contributed by atoms with van der Waals surface area (Å²) in [4.78, 5) is 12.6. The third-order valence-corrected chi connectivity index (χ3v) is 4.41. The number of amides is 1. The van der Waals surface area contributed by atoms with Crippen molar-refractivity contribution in [2.75, 3.05) is 13.2 Å². The molecular formula is C20H24N2O2. The normalized spacial score (nSPS) is 21.0. The molecule has 1 fully saturated rings. The van der Waals surface area contributed by atoms with Crippen LogP contribution in [0.15, 0.2) is 60.7 Å². The first kappa shape index (κ1) is 16.5. The van der Waals surface area contributed by atoms with Crippen molar-refractivity contribution in [2.24, 2.45) is 5.92 Å². The summed E-state index contributed by atoms with van der Waals surface area (Å²) >= 11 is 0. The number of hydrazine groups is 1. The molecular weight excluding hydrogens is 300 g/mol. The van der Waals surface area contributed by atoms with Gasteiger partial charge in [0.05, 0.1) is 12.6 Å². The Morgan fingerprint density at radius 2 is 1.71 bits per heavy atom. The van der Waals surface area contributed by atoms with Crippen LogP contribution in [0.5, 0.6) is 0 Å². The second-order valence-corrected chi connectivity index (χ2v) is 6.21. The first-order valence-corrected chi connectivity index (χ1v) is 8.50. The fraction of sp³-hybridized carbons (Fsp3) is 0.350. The highest BCUT2D eigenvalue weighted by atomic mass is 16.6. The van der Waals surface area contributed by atoms with Crippen LogP contribution in [0.3, 0.4) is 0 Å². The summed E-state index contributed by atoms with van der Waals surface area (Å²) in [7, 11) is 0. The van der Waals surface area contributed by atoms with Gasteiger partial charge in [0.25, 0.3) is 0 Å². The summed E-state index contributed by atoms with van der Waals surface area (Å²) in [5.74, 6) is 0.334. The lowest BCUT2D eigenvalue weighted by Gasteiger charge is -2.32. The average Bonchev–Trinajstić information content (AvgIpc) is 2.93. The SMILES string of the molecule is CCOC(=O)N1C(c2ccccc2)C(C)CN1Cc1ccccc1. The molecule has 0 N–H and O–H groups in total. The van der Waals surface area contributed by atoms with Crippen LogP contribution in [-0.4, -0.2) is 29.3 Å². The van der Waals surface area contributed by atoms with Gasteiger partial charge in [0.1, 0.15) is 0 Å². The molecule has 2 atom stereocenters. The van der Waals surface area contributed by atoms with E-state index in [0.29, 0.717) is 19.1 Å². The van der Waals surface area contributed by atoms with Gasteiger partial charge in [-0.15, -0.1) is 0 Å². The summed E-state index contributed by atoms with van der Waals surface area (Å²) < 4.78 is 5.34. The third-order valence-electron chi connectivity index (χ3n) is 4.41. The van der Waals surface area contributed by atoms with Crippen LogP contribution in [0.4, 0.5) is 4.79 Å². The van der Waals surface area contributed by atoms with Crippen molar-refractivity contribution in [3.63, 3.8) is 0 Å². The molecule has 1 saturated heterocycles. The van der Waals surface area contributed by atoms with Gasteiger partial charge >= 0.3 is 6.09 Å². The number of benzene rings is 2. The Balaban J connectivity index is 1.89. The minimum Gasteiger partial charge on any atom is -0.449 e. The van der Waals surface area contributed by atoms with Crippen LogP contribution in [0.2, 0.25) is 0 Å². The summed E-state index contributed by atoms with van der Waals surface area (Å²) in [6.45, 7) is 5.94. The van der Waals surface area contributed by atoms with Gasteiger partial charge in [0.2, 0.25) is 0 Å². The quantitative estimate of drug-likeness (QED) is 0.843. The van der Waals surface area contributed by atoms with Crippen molar-refractivity contribution >= 4 is 6.09 Å². The predicted molar refractivity (Wildman–Crippen MR) is 94.1 cm³/mol. The van der Waals surface area contributed by atoms with E-state index in [9.17, 15) is 4.79 Å². The first-order valence-electron chi connectivity index (χ1n) is 8.50. The molecule has 1 aliphatic rings. The molecule has 4 nitrogen and oxygen atoms in total. The highest BCUT2D eigenvalue weighted by Gasteiger charge is 2.42. The highest BCUT2D eigenvalue weighted by Crippen LogP contribution is 2.38. The Hall–Kier alpha value is -2.33. The standard InChI is InChI=1S/C20H24N2O2/c1-3-24-20(23)22-19(18-12-8-5-9-13-18)16(2)14-21(22)15-17-10-6-4-7-11-17/h4-13,16,19H,3,14-15H2,1-2H3. The molecule has 126 valence electrons. The van der Waals surface area contributed by atoms with E-state index in [1.165, 1.54) is 5.56 Å². The summed E-state index contributed by atoms with van der Waals surface area (Å²) in [5.41, 5.74) is 2.33. The fourth-order valence-electron chi connectivity index (χ4n) is 3.41. The largest absolute Gasteiger partial charge is 0.449 e. The second-order valence-electron chi connectivity index (χ2n) is 6.21. The van der Waals surface area contributed by atoms with Crippen LogP contribution in [0, 0.1) is 5.92 Å². The Labute approximate surface area is 143 Å². The maximum atomic E-state index is 12.6. The van der Waals surface area contributed by atoms with Gasteiger partial charge in [-0.25, -0.2) is 14.8 Å². The van der Waals surface area contributed by atoms with Crippen LogP contribution in [0.1, 0.15) is 31.0 Å². The van der Waals surface area contributed by atoms with Crippen LogP contribution >= 0.6 is 0 Å². The van der Waals surface area contributed by atoms with Gasteiger partial charge in [-0.3, -0.25) is 0 Å². The lowest BCUT2D eigenvalue weighted by atomic mass is 9.96. The third kappa shape index (κ3) is 3.44. The van der Waals surface area contributed by atoms with Gasteiger partial charge in [-0.05, 0) is 24.0 Å². The van der Waals surface area contributed by atoms with Gasteiger partial charge in [-0.1, -0.05) is 67.6 Å². The Morgan fingerprint density at radius 1 is 1.08 bits per heavy atom. The molecule has 24 heavy (non-hydrogen) atoms. The highest BCUT2D eigenvalue weighted by molar-refractivity contribution is 5.68. The zero-order chi connectivity index (χ0) is 16.9. The molecule has 2 unspecified atom stereocenters. The lowest BCUT2D eigenvalue weighted by molar-refractivity contribution is -0.0118. The fourth-order valence-corrected chi connectivity index (χ4v) is 3.41. The van der Waals surface area contributed by atoms with E-state index in [2.05, 4.69) is 36.2 Å². The number of rotatable bonds is 4. The molecule has 4 heteroatoms. The summed E-state index contributed by atoms with van der Waals surface area (Å²) in [5, 5.41) is 3.91. The predicted octanol–water partition coefficient (Wildman–Crippen LogP) is 4.25. The summed E-state index contributed by atoms with van der Waals surface area (Å²) in [6.07, 6.45) is -0.272. The average molecular weight is 324 g/mol. The number of hydrogen-bond donors (Lipinski definition) is 0. The zero-order valence-corrected chi connectivity index (χ0v) is 14.3. The maximum Gasteiger partial charge on any atom is 0.425 e. The van der Waals surface area contributed by atoms with E-state index in [1.807, 2.05) is 43.3 Å². The smallest absolute Gasteiger partial charge is 0.425 e. The number of ether oxygens (including phenoxy) is 1. The van der Waals surface area contributed by atoms with Crippen molar-refractivity contribution in [1.82, 2.24) is 10.0 Å². The molecule has 2 aromatic carbocycles. The topological polar surface area (TPSA) is 32.8 Å². The van der Waals surface area contributed by atoms with Gasteiger partial charge in [0.15, 0.2) is 0 Å². The van der Waals surface area contributed by atoms with E-state index in [1.54, 1.807) is 5.01 Å². The zero-order valence-electron chi connectivity index (χ0n) is 14.3. The molecule has 1 heterocycles. The molecule has 0 aliphatic carbocycles. The molecule has 0 bridgehead atoms. The van der Waals surface area contributed by atoms with Crippen LogP contribution in [-0.2, 0) is 11.3 Å². The van der Waals surface area contributed by atoms with Crippen molar-refractivity contribution < 1.29 is 9.53 Å². The molecule has 1 amide bonds. The van der Waals surface area contributed by atoms with Gasteiger partial charge in [-0.2, -0.15) is 0 Å². The number of nitrogens with zero attached hydrogens (tertiary/aromatic N) is 2. The number of hydrogen-bond acceptors (Lipinski definition) is 3. The number of carbonyl (C=O) groups is 1. The van der Waals surface area contributed by atoms with Crippen LogP contribution < -0.4 is 0 Å². The minimum atomic E-state index is -0.272. The minimum absolute atomic E-state index is 0.00830. The van der Waals surface area contributed by atoms with Crippen molar-refractivity contribution in [3.8, 4) is 0 Å². The molecule has 0 aromatic heterocycles. The van der Waals surface area contributed by atoms with E-state index in [-0.39, 0.29) is 12.1 Å². The molecule has 3 rings (SSSR count). The lowest BCUT2D eigenvalue weighted by Crippen LogP contribution is -2.42. The molecule has 2 aromatic rings. The Bertz CT molecular complexity index is 660. The van der Waals surface area contributed by atoms with E-state index >= 15 is 0 Å². The van der Waals surface area contributed by atoms with E-state index < -0.39 is 0 Å². The number of carbonyl (C=O) groups excluding carboxylic acids is 1. The molecule has 0 radical (unpaired) electrons. The molecule has 0 spiro atoms. The molecule has 0 saturated carbocycles. The monoisotopic (exact) mass is 324 g/mol. The second kappa shape index (κ2) is 7.49. The van der Waals surface area contributed by atoms with E-state index in [4.69, 9.17) is 4.74 Å². The first-order chi connectivity index (χ1) is 11.7. The van der Waals surface area contributed by atoms with Crippen molar-refractivity contribution in [2.45, 2.75) is 26.4 Å². The van der Waals surface area contributed by atoms with Crippen molar-refractivity contribution in [3.05, 3.63) is 71.8 Å². The summed E-state index contributed by atoms with van der Waals surface area (Å²) in [6, 6.07) is 20.4.